The summed E-state index contributed by atoms with van der Waals surface area (Å²) in [6.07, 6.45) is 1.68. The molecular weight excluding hydrogens is 362 g/mol. The molecule has 0 aromatic carbocycles. The Morgan fingerprint density at radius 2 is 2.14 bits per heavy atom. The van der Waals surface area contributed by atoms with Gasteiger partial charge in [-0.15, -0.1) is 5.10 Å². The van der Waals surface area contributed by atoms with Crippen molar-refractivity contribution in [3.63, 3.8) is 0 Å². The molecule has 10 nitrogen and oxygen atoms in total. The highest BCUT2D eigenvalue weighted by molar-refractivity contribution is 5.88. The second-order valence-electron chi connectivity index (χ2n) is 7.98. The van der Waals surface area contributed by atoms with E-state index in [0.717, 1.165) is 6.42 Å². The van der Waals surface area contributed by atoms with Gasteiger partial charge in [0.05, 0.1) is 25.0 Å². The first-order valence-corrected chi connectivity index (χ1v) is 9.83. The summed E-state index contributed by atoms with van der Waals surface area (Å²) < 4.78 is 0. The zero-order chi connectivity index (χ0) is 20.4. The van der Waals surface area contributed by atoms with Crippen LogP contribution in [0.4, 0.5) is 5.95 Å². The molecule has 3 amide bonds. The van der Waals surface area contributed by atoms with E-state index in [1.807, 2.05) is 4.90 Å². The highest BCUT2D eigenvalue weighted by Gasteiger charge is 2.49. The molecule has 2 saturated heterocycles. The summed E-state index contributed by atoms with van der Waals surface area (Å²) in [7, 11) is 0. The first-order chi connectivity index (χ1) is 13.3. The number of amides is 3. The zero-order valence-corrected chi connectivity index (χ0v) is 16.6. The monoisotopic (exact) mass is 391 g/mol. The fourth-order valence-corrected chi connectivity index (χ4v) is 4.29. The van der Waals surface area contributed by atoms with Crippen LogP contribution in [-0.4, -0.2) is 67.9 Å². The topological polar surface area (TPSA) is 137 Å². The average Bonchev–Trinajstić information content (AvgIpc) is 3.22. The van der Waals surface area contributed by atoms with Crippen molar-refractivity contribution >= 4 is 23.7 Å². The van der Waals surface area contributed by atoms with Gasteiger partial charge in [0.2, 0.25) is 23.7 Å². The van der Waals surface area contributed by atoms with E-state index in [-0.39, 0.29) is 54.8 Å². The maximum Gasteiger partial charge on any atom is 0.242 e. The van der Waals surface area contributed by atoms with Crippen molar-refractivity contribution in [2.24, 2.45) is 11.8 Å². The molecule has 0 unspecified atom stereocenters. The van der Waals surface area contributed by atoms with Gasteiger partial charge in [0.25, 0.3) is 0 Å². The molecule has 2 fully saturated rings. The lowest BCUT2D eigenvalue weighted by Gasteiger charge is -2.40. The third-order valence-electron chi connectivity index (χ3n) is 5.47. The first kappa shape index (κ1) is 20.1. The molecule has 1 aromatic heterocycles. The van der Waals surface area contributed by atoms with Gasteiger partial charge in [0.1, 0.15) is 5.82 Å². The van der Waals surface area contributed by atoms with E-state index in [4.69, 9.17) is 5.73 Å². The maximum absolute atomic E-state index is 12.9. The summed E-state index contributed by atoms with van der Waals surface area (Å²) in [5, 5.41) is 9.30. The van der Waals surface area contributed by atoms with Crippen molar-refractivity contribution in [3.8, 4) is 0 Å². The van der Waals surface area contributed by atoms with Crippen LogP contribution in [0.15, 0.2) is 0 Å². The Labute approximate surface area is 164 Å². The van der Waals surface area contributed by atoms with Gasteiger partial charge in [-0.3, -0.25) is 19.5 Å². The van der Waals surface area contributed by atoms with E-state index in [0.29, 0.717) is 31.1 Å². The fraction of sp³-hybridized carbons (Fsp3) is 0.722. The van der Waals surface area contributed by atoms with E-state index in [1.54, 1.807) is 11.8 Å². The molecule has 2 aliphatic rings. The molecule has 3 heterocycles. The van der Waals surface area contributed by atoms with E-state index >= 15 is 0 Å². The zero-order valence-electron chi connectivity index (χ0n) is 16.6. The van der Waals surface area contributed by atoms with E-state index in [1.165, 1.54) is 0 Å². The SMILES string of the molecule is CCC(=O)N1CC(=O)N2[C@@H](C[C@H](C(=O)NCc3nc(N)n[nH]3)[C@@H]2CC(C)C)C1. The summed E-state index contributed by atoms with van der Waals surface area (Å²) in [6, 6.07) is -0.270. The Bertz CT molecular complexity index is 747. The number of H-pyrrole nitrogens is 1. The minimum Gasteiger partial charge on any atom is -0.367 e. The number of piperazine rings is 1. The van der Waals surface area contributed by atoms with Crippen molar-refractivity contribution in [3.05, 3.63) is 5.82 Å². The summed E-state index contributed by atoms with van der Waals surface area (Å²) in [5.41, 5.74) is 5.48. The predicted molar refractivity (Wildman–Crippen MR) is 101 cm³/mol. The minimum absolute atomic E-state index is 0.0239. The number of nitrogen functional groups attached to an aromatic ring is 1. The highest BCUT2D eigenvalue weighted by Crippen LogP contribution is 2.36. The van der Waals surface area contributed by atoms with Gasteiger partial charge in [0.15, 0.2) is 0 Å². The minimum atomic E-state index is -0.312. The fourth-order valence-electron chi connectivity index (χ4n) is 4.29. The lowest BCUT2D eigenvalue weighted by molar-refractivity contribution is -0.149. The van der Waals surface area contributed by atoms with Crippen LogP contribution < -0.4 is 11.1 Å². The Balaban J connectivity index is 1.73. The van der Waals surface area contributed by atoms with E-state index < -0.39 is 0 Å². The summed E-state index contributed by atoms with van der Waals surface area (Å²) >= 11 is 0. The van der Waals surface area contributed by atoms with Gasteiger partial charge in [-0.1, -0.05) is 20.8 Å². The number of carbonyl (C=O) groups is 3. The average molecular weight is 391 g/mol. The van der Waals surface area contributed by atoms with Crippen molar-refractivity contribution < 1.29 is 14.4 Å². The molecule has 0 saturated carbocycles. The van der Waals surface area contributed by atoms with Gasteiger partial charge in [-0.2, -0.15) is 4.98 Å². The first-order valence-electron chi connectivity index (χ1n) is 9.83. The number of aromatic amines is 1. The van der Waals surface area contributed by atoms with Crippen LogP contribution in [0.1, 0.15) is 45.9 Å². The van der Waals surface area contributed by atoms with Crippen LogP contribution >= 0.6 is 0 Å². The molecule has 154 valence electrons. The van der Waals surface area contributed by atoms with Crippen LogP contribution in [-0.2, 0) is 20.9 Å². The second kappa shape index (κ2) is 8.15. The van der Waals surface area contributed by atoms with E-state index in [2.05, 4.69) is 34.3 Å². The normalized spacial score (nSPS) is 24.6. The van der Waals surface area contributed by atoms with Crippen molar-refractivity contribution in [2.45, 2.75) is 58.7 Å². The molecule has 0 radical (unpaired) electrons. The number of nitrogens with one attached hydrogen (secondary N) is 2. The van der Waals surface area contributed by atoms with Crippen LogP contribution in [0.3, 0.4) is 0 Å². The third kappa shape index (κ3) is 4.10. The summed E-state index contributed by atoms with van der Waals surface area (Å²) in [5.74, 6) is 0.441. The number of fused-ring (bicyclic) bond motifs is 1. The largest absolute Gasteiger partial charge is 0.367 e. The molecule has 1 aromatic rings. The lowest BCUT2D eigenvalue weighted by atomic mass is 9.91. The van der Waals surface area contributed by atoms with Crippen LogP contribution in [0, 0.1) is 11.8 Å². The number of hydrogen-bond donors (Lipinski definition) is 3. The number of nitrogens with two attached hydrogens (primary N) is 1. The van der Waals surface area contributed by atoms with E-state index in [9.17, 15) is 14.4 Å². The number of hydrogen-bond acceptors (Lipinski definition) is 6. The van der Waals surface area contributed by atoms with Gasteiger partial charge in [-0.25, -0.2) is 0 Å². The summed E-state index contributed by atoms with van der Waals surface area (Å²) in [6.45, 7) is 6.76. The predicted octanol–water partition coefficient (Wildman–Crippen LogP) is -0.113. The van der Waals surface area contributed by atoms with Gasteiger partial charge in [-0.05, 0) is 18.8 Å². The van der Waals surface area contributed by atoms with Crippen molar-refractivity contribution in [2.75, 3.05) is 18.8 Å². The summed E-state index contributed by atoms with van der Waals surface area (Å²) in [4.78, 5) is 45.3. The molecule has 0 aliphatic carbocycles. The van der Waals surface area contributed by atoms with Crippen LogP contribution in [0.2, 0.25) is 0 Å². The number of aromatic nitrogens is 3. The van der Waals surface area contributed by atoms with Crippen LogP contribution in [0.25, 0.3) is 0 Å². The molecule has 0 bridgehead atoms. The van der Waals surface area contributed by atoms with Gasteiger partial charge >= 0.3 is 0 Å². The van der Waals surface area contributed by atoms with Gasteiger partial charge < -0.3 is 20.9 Å². The number of anilines is 1. The van der Waals surface area contributed by atoms with Crippen molar-refractivity contribution in [1.82, 2.24) is 30.3 Å². The van der Waals surface area contributed by atoms with Crippen LogP contribution in [0.5, 0.6) is 0 Å². The third-order valence-corrected chi connectivity index (χ3v) is 5.47. The smallest absolute Gasteiger partial charge is 0.242 e. The number of nitrogens with zero attached hydrogens (tertiary/aromatic N) is 4. The standard InChI is InChI=1S/C18H29N7O3/c1-4-15(26)24-8-11-6-12(13(5-10(2)3)25(11)16(27)9-24)17(28)20-7-14-21-18(19)23-22-14/h10-13H,4-9H2,1-3H3,(H,20,28)(H3,19,21,22,23)/t11-,12-,13-/m0/s1. The van der Waals surface area contributed by atoms with Crippen molar-refractivity contribution in [1.29, 1.82) is 0 Å². The molecule has 28 heavy (non-hydrogen) atoms. The molecule has 2 aliphatic heterocycles. The molecule has 0 spiro atoms. The quantitative estimate of drug-likeness (QED) is 0.618. The highest BCUT2D eigenvalue weighted by atomic mass is 16.2. The molecule has 4 N–H and O–H groups in total. The molecule has 10 heteroatoms. The number of carbonyl (C=O) groups excluding carboxylic acids is 3. The van der Waals surface area contributed by atoms with Gasteiger partial charge in [0, 0.05) is 19.0 Å². The molecular formula is C18H29N7O3. The number of rotatable bonds is 6. The second-order valence-corrected chi connectivity index (χ2v) is 7.98. The Morgan fingerprint density at radius 3 is 2.75 bits per heavy atom. The molecule has 3 rings (SSSR count). The molecule has 3 atom stereocenters. The Morgan fingerprint density at radius 1 is 1.39 bits per heavy atom. The Hall–Kier alpha value is -2.65. The lowest BCUT2D eigenvalue weighted by Crippen LogP contribution is -2.57. The Kier molecular flexibility index (Phi) is 5.85. The maximum atomic E-state index is 12.9.